The Labute approximate surface area is 83.1 Å². The van der Waals surface area contributed by atoms with Crippen LogP contribution in [0.2, 0.25) is 0 Å². The largest absolute Gasteiger partial charge is 0.0622 e. The van der Waals surface area contributed by atoms with E-state index in [1.807, 2.05) is 0 Å². The summed E-state index contributed by atoms with van der Waals surface area (Å²) in [7, 11) is 0. The number of fused-ring (bicyclic) bond motifs is 1. The Morgan fingerprint density at radius 3 is 2.62 bits per heavy atom. The molecule has 0 heteroatoms. The average molecular weight is 180 g/mol. The van der Waals surface area contributed by atoms with Crippen molar-refractivity contribution in [3.8, 4) is 0 Å². The molecule has 0 aromatic rings. The summed E-state index contributed by atoms with van der Waals surface area (Å²) in [5.74, 6) is 3.17. The fraction of sp³-hybridized carbons (Fsp3) is 1.00. The summed E-state index contributed by atoms with van der Waals surface area (Å²) < 4.78 is 0. The zero-order valence-electron chi connectivity index (χ0n) is 9.47. The molecule has 3 unspecified atom stereocenters. The highest BCUT2D eigenvalue weighted by molar-refractivity contribution is 4.89. The van der Waals surface area contributed by atoms with Crippen molar-refractivity contribution in [2.24, 2.45) is 23.2 Å². The van der Waals surface area contributed by atoms with E-state index < -0.39 is 0 Å². The molecule has 0 spiro atoms. The number of rotatable bonds is 0. The van der Waals surface area contributed by atoms with Crippen molar-refractivity contribution in [2.75, 3.05) is 0 Å². The van der Waals surface area contributed by atoms with Gasteiger partial charge in [-0.05, 0) is 42.4 Å². The second-order valence-electron chi connectivity index (χ2n) is 6.24. The Hall–Kier alpha value is 0. The van der Waals surface area contributed by atoms with Gasteiger partial charge in [-0.15, -0.1) is 0 Å². The fourth-order valence-corrected chi connectivity index (χ4v) is 3.64. The van der Waals surface area contributed by atoms with Crippen LogP contribution in [0.1, 0.15) is 59.3 Å². The Bertz CT molecular complexity index is 180. The normalized spacial score (nSPS) is 44.1. The van der Waals surface area contributed by atoms with Gasteiger partial charge in [0, 0.05) is 0 Å². The highest BCUT2D eigenvalue weighted by atomic mass is 14.4. The fourth-order valence-electron chi connectivity index (χ4n) is 3.64. The van der Waals surface area contributed by atoms with E-state index in [-0.39, 0.29) is 0 Å². The summed E-state index contributed by atoms with van der Waals surface area (Å²) in [6.45, 7) is 7.41. The van der Waals surface area contributed by atoms with Crippen LogP contribution in [0.3, 0.4) is 0 Å². The third-order valence-corrected chi connectivity index (χ3v) is 4.55. The first-order chi connectivity index (χ1) is 6.08. The van der Waals surface area contributed by atoms with E-state index in [2.05, 4.69) is 20.8 Å². The second-order valence-corrected chi connectivity index (χ2v) is 6.24. The van der Waals surface area contributed by atoms with E-state index in [0.29, 0.717) is 5.41 Å². The quantitative estimate of drug-likeness (QED) is 0.523. The van der Waals surface area contributed by atoms with Gasteiger partial charge >= 0.3 is 0 Å². The van der Waals surface area contributed by atoms with E-state index in [9.17, 15) is 0 Å². The van der Waals surface area contributed by atoms with Crippen LogP contribution < -0.4 is 0 Å². The first kappa shape index (κ1) is 9.55. The molecule has 0 saturated heterocycles. The van der Waals surface area contributed by atoms with E-state index in [4.69, 9.17) is 0 Å². The minimum Gasteiger partial charge on any atom is -0.0622 e. The van der Waals surface area contributed by atoms with Gasteiger partial charge in [-0.3, -0.25) is 0 Å². The summed E-state index contributed by atoms with van der Waals surface area (Å²) in [4.78, 5) is 0. The zero-order valence-corrected chi connectivity index (χ0v) is 9.47. The standard InChI is InChI=1S/C13H24/c1-10-5-4-6-11-7-8-13(2,3)9-12(10)11/h10-12H,4-9H2,1-3H3. The SMILES string of the molecule is CC1CCCC2CCC(C)(C)CC12. The highest BCUT2D eigenvalue weighted by Gasteiger charge is 2.38. The topological polar surface area (TPSA) is 0 Å². The molecule has 2 saturated carbocycles. The van der Waals surface area contributed by atoms with Crippen LogP contribution in [-0.4, -0.2) is 0 Å². The van der Waals surface area contributed by atoms with Gasteiger partial charge in [0.1, 0.15) is 0 Å². The summed E-state index contributed by atoms with van der Waals surface area (Å²) in [5, 5.41) is 0. The smallest absolute Gasteiger partial charge is 0.0351 e. The molecular formula is C13H24. The molecule has 2 aliphatic rings. The van der Waals surface area contributed by atoms with Crippen LogP contribution in [-0.2, 0) is 0 Å². The third kappa shape index (κ3) is 1.92. The molecule has 2 aliphatic carbocycles. The van der Waals surface area contributed by atoms with E-state index >= 15 is 0 Å². The van der Waals surface area contributed by atoms with E-state index in [1.165, 1.54) is 38.5 Å². The predicted octanol–water partition coefficient (Wildman–Crippen LogP) is 4.25. The van der Waals surface area contributed by atoms with Crippen LogP contribution in [0.25, 0.3) is 0 Å². The van der Waals surface area contributed by atoms with Gasteiger partial charge in [0.25, 0.3) is 0 Å². The molecule has 13 heavy (non-hydrogen) atoms. The monoisotopic (exact) mass is 180 g/mol. The molecular weight excluding hydrogens is 156 g/mol. The number of hydrogen-bond acceptors (Lipinski definition) is 0. The summed E-state index contributed by atoms with van der Waals surface area (Å²) in [6, 6.07) is 0. The minimum absolute atomic E-state index is 0.646. The van der Waals surface area contributed by atoms with Crippen molar-refractivity contribution < 1.29 is 0 Å². The van der Waals surface area contributed by atoms with Gasteiger partial charge < -0.3 is 0 Å². The molecule has 0 aliphatic heterocycles. The van der Waals surface area contributed by atoms with Crippen LogP contribution >= 0.6 is 0 Å². The van der Waals surface area contributed by atoms with Crippen molar-refractivity contribution in [1.29, 1.82) is 0 Å². The highest BCUT2D eigenvalue weighted by Crippen LogP contribution is 2.49. The first-order valence-corrected chi connectivity index (χ1v) is 6.08. The lowest BCUT2D eigenvalue weighted by Gasteiger charge is -2.46. The lowest BCUT2D eigenvalue weighted by Crippen LogP contribution is -2.36. The van der Waals surface area contributed by atoms with Crippen LogP contribution in [0.4, 0.5) is 0 Å². The van der Waals surface area contributed by atoms with Crippen molar-refractivity contribution in [3.63, 3.8) is 0 Å². The van der Waals surface area contributed by atoms with Gasteiger partial charge in [0.2, 0.25) is 0 Å². The molecule has 0 heterocycles. The summed E-state index contributed by atoms with van der Waals surface area (Å²) in [5.41, 5.74) is 0.646. The van der Waals surface area contributed by atoms with Crippen molar-refractivity contribution in [2.45, 2.75) is 59.3 Å². The first-order valence-electron chi connectivity index (χ1n) is 6.08. The maximum absolute atomic E-state index is 2.48. The molecule has 0 N–H and O–H groups in total. The second kappa shape index (κ2) is 3.29. The van der Waals surface area contributed by atoms with Crippen LogP contribution in [0.15, 0.2) is 0 Å². The number of hydrogen-bond donors (Lipinski definition) is 0. The Balaban J connectivity index is 2.05. The van der Waals surface area contributed by atoms with E-state index in [1.54, 1.807) is 0 Å². The van der Waals surface area contributed by atoms with Gasteiger partial charge in [-0.2, -0.15) is 0 Å². The lowest BCUT2D eigenvalue weighted by atomic mass is 9.59. The summed E-state index contributed by atoms with van der Waals surface area (Å²) >= 11 is 0. The molecule has 0 amide bonds. The average Bonchev–Trinajstić information content (AvgIpc) is 2.06. The van der Waals surface area contributed by atoms with Gasteiger partial charge in [-0.1, -0.05) is 40.0 Å². The van der Waals surface area contributed by atoms with Crippen LogP contribution in [0, 0.1) is 23.2 Å². The molecule has 0 radical (unpaired) electrons. The van der Waals surface area contributed by atoms with Gasteiger partial charge in [0.15, 0.2) is 0 Å². The van der Waals surface area contributed by atoms with Crippen LogP contribution in [0.5, 0.6) is 0 Å². The van der Waals surface area contributed by atoms with Gasteiger partial charge in [-0.25, -0.2) is 0 Å². The Morgan fingerprint density at radius 2 is 1.85 bits per heavy atom. The maximum atomic E-state index is 2.48. The molecule has 2 rings (SSSR count). The molecule has 0 aromatic carbocycles. The van der Waals surface area contributed by atoms with Crippen molar-refractivity contribution in [1.82, 2.24) is 0 Å². The molecule has 0 aromatic heterocycles. The van der Waals surface area contributed by atoms with E-state index in [0.717, 1.165) is 17.8 Å². The van der Waals surface area contributed by atoms with Crippen molar-refractivity contribution >= 4 is 0 Å². The molecule has 2 fully saturated rings. The molecule has 3 atom stereocenters. The zero-order chi connectivity index (χ0) is 9.47. The molecule has 0 bridgehead atoms. The Morgan fingerprint density at radius 1 is 1.08 bits per heavy atom. The summed E-state index contributed by atoms with van der Waals surface area (Å²) in [6.07, 6.45) is 9.02. The predicted molar refractivity (Wildman–Crippen MR) is 57.6 cm³/mol. The maximum Gasteiger partial charge on any atom is -0.0351 e. The minimum atomic E-state index is 0.646. The lowest BCUT2D eigenvalue weighted by molar-refractivity contribution is 0.0461. The van der Waals surface area contributed by atoms with Gasteiger partial charge in [0.05, 0.1) is 0 Å². The third-order valence-electron chi connectivity index (χ3n) is 4.55. The Kier molecular flexibility index (Phi) is 2.42. The molecule has 76 valence electrons. The molecule has 0 nitrogen and oxygen atoms in total. The van der Waals surface area contributed by atoms with Crippen molar-refractivity contribution in [3.05, 3.63) is 0 Å².